The van der Waals surface area contributed by atoms with Crippen LogP contribution in [0.25, 0.3) is 10.9 Å². The first-order valence-electron chi connectivity index (χ1n) is 6.66. The molecule has 0 spiro atoms. The van der Waals surface area contributed by atoms with Crippen molar-refractivity contribution >= 4 is 16.8 Å². The average Bonchev–Trinajstić information content (AvgIpc) is 2.42. The fourth-order valence-electron chi connectivity index (χ4n) is 2.58. The SMILES string of the molecule is CCC1(O)CN(C(=O)c2cc(=O)[nH]c3ccccc23)C1. The molecular weight excluding hydrogens is 256 g/mol. The molecule has 2 aromatic rings. The molecule has 3 rings (SSSR count). The molecule has 20 heavy (non-hydrogen) atoms. The standard InChI is InChI=1S/C15H16N2O3/c1-2-15(20)8-17(9-15)14(19)11-7-13(18)16-12-6-4-3-5-10(11)12/h3-7,20H,2,8-9H2,1H3,(H,16,18). The summed E-state index contributed by atoms with van der Waals surface area (Å²) in [6, 6.07) is 8.55. The summed E-state index contributed by atoms with van der Waals surface area (Å²) in [6.45, 7) is 2.54. The number of hydrogen-bond acceptors (Lipinski definition) is 3. The molecule has 0 saturated carbocycles. The Hall–Kier alpha value is -2.14. The van der Waals surface area contributed by atoms with Gasteiger partial charge in [0.05, 0.1) is 24.3 Å². The molecule has 2 N–H and O–H groups in total. The van der Waals surface area contributed by atoms with Gasteiger partial charge < -0.3 is 15.0 Å². The van der Waals surface area contributed by atoms with E-state index in [1.165, 1.54) is 6.07 Å². The van der Waals surface area contributed by atoms with Crippen molar-refractivity contribution in [3.8, 4) is 0 Å². The lowest BCUT2D eigenvalue weighted by Crippen LogP contribution is -2.63. The van der Waals surface area contributed by atoms with E-state index in [-0.39, 0.29) is 11.5 Å². The van der Waals surface area contributed by atoms with Crippen LogP contribution in [0.4, 0.5) is 0 Å². The summed E-state index contributed by atoms with van der Waals surface area (Å²) in [6.07, 6.45) is 0.618. The normalized spacial score (nSPS) is 17.0. The number of hydrogen-bond donors (Lipinski definition) is 2. The molecular formula is C15H16N2O3. The molecule has 1 aliphatic heterocycles. The molecule has 1 fully saturated rings. The van der Waals surface area contributed by atoms with Gasteiger partial charge in [0, 0.05) is 17.0 Å². The average molecular weight is 272 g/mol. The Morgan fingerprint density at radius 3 is 2.80 bits per heavy atom. The molecule has 1 aromatic carbocycles. The van der Waals surface area contributed by atoms with Gasteiger partial charge in [-0.25, -0.2) is 0 Å². The highest BCUT2D eigenvalue weighted by molar-refractivity contribution is 6.06. The maximum atomic E-state index is 12.5. The van der Waals surface area contributed by atoms with E-state index >= 15 is 0 Å². The number of para-hydroxylation sites is 1. The fourth-order valence-corrected chi connectivity index (χ4v) is 2.58. The van der Waals surface area contributed by atoms with Crippen molar-refractivity contribution in [2.24, 2.45) is 0 Å². The molecule has 2 heterocycles. The summed E-state index contributed by atoms with van der Waals surface area (Å²) in [5.41, 5.74) is -0.0254. The number of likely N-dealkylation sites (tertiary alicyclic amines) is 1. The number of pyridine rings is 1. The number of aliphatic hydroxyl groups is 1. The van der Waals surface area contributed by atoms with Gasteiger partial charge in [0.25, 0.3) is 5.91 Å². The molecule has 5 nitrogen and oxygen atoms in total. The Balaban J connectivity index is 1.99. The lowest BCUT2D eigenvalue weighted by atomic mass is 9.90. The quantitative estimate of drug-likeness (QED) is 0.860. The molecule has 1 saturated heterocycles. The van der Waals surface area contributed by atoms with E-state index in [4.69, 9.17) is 0 Å². The molecule has 0 atom stereocenters. The van der Waals surface area contributed by atoms with Gasteiger partial charge >= 0.3 is 0 Å². The van der Waals surface area contributed by atoms with Crippen molar-refractivity contribution in [1.82, 2.24) is 9.88 Å². The number of aromatic amines is 1. The molecule has 0 bridgehead atoms. The largest absolute Gasteiger partial charge is 0.386 e. The van der Waals surface area contributed by atoms with Crippen LogP contribution in [0.15, 0.2) is 35.1 Å². The van der Waals surface area contributed by atoms with E-state index in [2.05, 4.69) is 4.98 Å². The van der Waals surface area contributed by atoms with Crippen LogP contribution in [0.1, 0.15) is 23.7 Å². The summed E-state index contributed by atoms with van der Waals surface area (Å²) in [5, 5.41) is 10.7. The second kappa shape index (κ2) is 4.45. The highest BCUT2D eigenvalue weighted by Crippen LogP contribution is 2.27. The third kappa shape index (κ3) is 2.00. The number of aromatic nitrogens is 1. The van der Waals surface area contributed by atoms with Gasteiger partial charge in [0.2, 0.25) is 5.56 Å². The van der Waals surface area contributed by atoms with Gasteiger partial charge in [0.1, 0.15) is 0 Å². The summed E-state index contributed by atoms with van der Waals surface area (Å²) < 4.78 is 0. The van der Waals surface area contributed by atoms with Gasteiger partial charge in [-0.1, -0.05) is 25.1 Å². The van der Waals surface area contributed by atoms with Crippen molar-refractivity contribution in [3.63, 3.8) is 0 Å². The topological polar surface area (TPSA) is 73.4 Å². The van der Waals surface area contributed by atoms with E-state index in [0.29, 0.717) is 30.6 Å². The molecule has 0 radical (unpaired) electrons. The summed E-state index contributed by atoms with van der Waals surface area (Å²) in [4.78, 5) is 28.4. The predicted octanol–water partition coefficient (Wildman–Crippen LogP) is 1.12. The van der Waals surface area contributed by atoms with E-state index in [0.717, 1.165) is 5.39 Å². The number of nitrogens with one attached hydrogen (secondary N) is 1. The Morgan fingerprint density at radius 1 is 1.40 bits per heavy atom. The molecule has 0 unspecified atom stereocenters. The summed E-state index contributed by atoms with van der Waals surface area (Å²) >= 11 is 0. The third-order valence-electron chi connectivity index (χ3n) is 3.90. The molecule has 1 aromatic heterocycles. The van der Waals surface area contributed by atoms with Crippen LogP contribution in [0.5, 0.6) is 0 Å². The van der Waals surface area contributed by atoms with Crippen LogP contribution in [0.2, 0.25) is 0 Å². The van der Waals surface area contributed by atoms with Crippen molar-refractivity contribution < 1.29 is 9.90 Å². The van der Waals surface area contributed by atoms with E-state index in [1.807, 2.05) is 25.1 Å². The minimum atomic E-state index is -0.771. The number of amides is 1. The monoisotopic (exact) mass is 272 g/mol. The number of β-amino-alcohol motifs (C(OH)–C–C–N with tert-alkyl or cyclic N) is 1. The first-order chi connectivity index (χ1) is 9.52. The van der Waals surface area contributed by atoms with Gasteiger partial charge in [-0.2, -0.15) is 0 Å². The first kappa shape index (κ1) is 12.9. The predicted molar refractivity (Wildman–Crippen MR) is 75.7 cm³/mol. The first-order valence-corrected chi connectivity index (χ1v) is 6.66. The van der Waals surface area contributed by atoms with Gasteiger partial charge in [-0.15, -0.1) is 0 Å². The number of carbonyl (C=O) groups excluding carboxylic acids is 1. The van der Waals surface area contributed by atoms with E-state index in [1.54, 1.807) is 11.0 Å². The summed E-state index contributed by atoms with van der Waals surface area (Å²) in [7, 11) is 0. The van der Waals surface area contributed by atoms with Crippen LogP contribution >= 0.6 is 0 Å². The van der Waals surface area contributed by atoms with Gasteiger partial charge in [0.15, 0.2) is 0 Å². The van der Waals surface area contributed by atoms with Crippen LogP contribution in [0, 0.1) is 0 Å². The van der Waals surface area contributed by atoms with Crippen molar-refractivity contribution in [1.29, 1.82) is 0 Å². The maximum Gasteiger partial charge on any atom is 0.254 e. The minimum absolute atomic E-state index is 0.203. The van der Waals surface area contributed by atoms with Crippen LogP contribution in [-0.2, 0) is 0 Å². The zero-order valence-electron chi connectivity index (χ0n) is 11.2. The number of H-pyrrole nitrogens is 1. The Labute approximate surface area is 115 Å². The van der Waals surface area contributed by atoms with Gasteiger partial charge in [-0.05, 0) is 12.5 Å². The Kier molecular flexibility index (Phi) is 2.87. The smallest absolute Gasteiger partial charge is 0.254 e. The molecule has 5 heteroatoms. The Bertz CT molecular complexity index is 729. The van der Waals surface area contributed by atoms with Crippen LogP contribution in [-0.4, -0.2) is 39.6 Å². The lowest BCUT2D eigenvalue weighted by molar-refractivity contribution is -0.0825. The molecule has 1 aliphatic rings. The molecule has 0 aliphatic carbocycles. The van der Waals surface area contributed by atoms with Crippen molar-refractivity contribution in [2.75, 3.05) is 13.1 Å². The number of carbonyl (C=O) groups is 1. The lowest BCUT2D eigenvalue weighted by Gasteiger charge is -2.46. The molecule has 1 amide bonds. The van der Waals surface area contributed by atoms with E-state index in [9.17, 15) is 14.7 Å². The minimum Gasteiger partial charge on any atom is -0.386 e. The number of rotatable bonds is 2. The summed E-state index contributed by atoms with van der Waals surface area (Å²) in [5.74, 6) is -0.203. The number of nitrogens with zero attached hydrogens (tertiary/aromatic N) is 1. The Morgan fingerprint density at radius 2 is 2.10 bits per heavy atom. The van der Waals surface area contributed by atoms with Crippen molar-refractivity contribution in [2.45, 2.75) is 18.9 Å². The number of benzene rings is 1. The van der Waals surface area contributed by atoms with Crippen LogP contribution < -0.4 is 5.56 Å². The zero-order chi connectivity index (χ0) is 14.3. The second-order valence-corrected chi connectivity index (χ2v) is 5.33. The van der Waals surface area contributed by atoms with Crippen LogP contribution in [0.3, 0.4) is 0 Å². The van der Waals surface area contributed by atoms with E-state index < -0.39 is 5.60 Å². The zero-order valence-corrected chi connectivity index (χ0v) is 11.2. The van der Waals surface area contributed by atoms with Gasteiger partial charge in [-0.3, -0.25) is 9.59 Å². The fraction of sp³-hybridized carbons (Fsp3) is 0.333. The highest BCUT2D eigenvalue weighted by atomic mass is 16.3. The highest BCUT2D eigenvalue weighted by Gasteiger charge is 2.42. The second-order valence-electron chi connectivity index (χ2n) is 5.33. The number of fused-ring (bicyclic) bond motifs is 1. The third-order valence-corrected chi connectivity index (χ3v) is 3.90. The van der Waals surface area contributed by atoms with Crippen molar-refractivity contribution in [3.05, 3.63) is 46.2 Å². The molecule has 104 valence electrons. The maximum absolute atomic E-state index is 12.5.